The predicted molar refractivity (Wildman–Crippen MR) is 84.7 cm³/mol. The van der Waals surface area contributed by atoms with Gasteiger partial charge in [0, 0.05) is 22.1 Å². The molecule has 0 aliphatic rings. The van der Waals surface area contributed by atoms with Crippen LogP contribution in [0.5, 0.6) is 0 Å². The first-order valence-electron chi connectivity index (χ1n) is 6.27. The Kier molecular flexibility index (Phi) is 4.70. The lowest BCUT2D eigenvalue weighted by Gasteiger charge is -2.16. The lowest BCUT2D eigenvalue weighted by Crippen LogP contribution is -2.08. The average Bonchev–Trinajstić information content (AvgIpc) is 2.47. The fourth-order valence-corrected chi connectivity index (χ4v) is 2.40. The highest BCUT2D eigenvalue weighted by atomic mass is 79.9. The molecule has 0 fully saturated rings. The molecule has 1 atom stereocenters. The molecule has 1 unspecified atom stereocenters. The molecule has 0 spiro atoms. The van der Waals surface area contributed by atoms with Gasteiger partial charge in [0.2, 0.25) is 0 Å². The Hall–Kier alpha value is -2.21. The van der Waals surface area contributed by atoms with Crippen LogP contribution < -0.4 is 5.32 Å². The molecule has 0 saturated carbocycles. The molecule has 0 aromatic heterocycles. The van der Waals surface area contributed by atoms with Crippen molar-refractivity contribution in [1.29, 1.82) is 0 Å². The highest BCUT2D eigenvalue weighted by Crippen LogP contribution is 2.29. The molecule has 108 valence electrons. The van der Waals surface area contributed by atoms with E-state index < -0.39 is 4.92 Å². The van der Waals surface area contributed by atoms with Crippen molar-refractivity contribution >= 4 is 33.6 Å². The smallest absolute Gasteiger partial charge is 0.293 e. The monoisotopic (exact) mass is 348 g/mol. The fourth-order valence-electron chi connectivity index (χ4n) is 1.99. The standard InChI is InChI=1S/C15H13BrN2O3/c1-10(12-3-2-4-13(16)8-12)17-14-6-5-11(9-19)7-15(14)18(20)21/h2-10,17H,1H3. The van der Waals surface area contributed by atoms with Gasteiger partial charge in [0.1, 0.15) is 12.0 Å². The van der Waals surface area contributed by atoms with Crippen molar-refractivity contribution < 1.29 is 9.72 Å². The van der Waals surface area contributed by atoms with Gasteiger partial charge in [-0.15, -0.1) is 0 Å². The first kappa shape index (κ1) is 15.2. The van der Waals surface area contributed by atoms with Gasteiger partial charge in [-0.05, 0) is 36.8 Å². The Labute approximate surface area is 130 Å². The van der Waals surface area contributed by atoms with Gasteiger partial charge in [0.25, 0.3) is 5.69 Å². The van der Waals surface area contributed by atoms with Crippen LogP contribution in [0.15, 0.2) is 46.9 Å². The lowest BCUT2D eigenvalue weighted by molar-refractivity contribution is -0.384. The number of nitrogens with zero attached hydrogens (tertiary/aromatic N) is 1. The van der Waals surface area contributed by atoms with Crippen molar-refractivity contribution in [3.8, 4) is 0 Å². The maximum atomic E-state index is 11.1. The zero-order valence-corrected chi connectivity index (χ0v) is 12.8. The largest absolute Gasteiger partial charge is 0.373 e. The van der Waals surface area contributed by atoms with Crippen LogP contribution in [0, 0.1) is 10.1 Å². The van der Waals surface area contributed by atoms with E-state index in [4.69, 9.17) is 0 Å². The van der Waals surface area contributed by atoms with E-state index in [1.54, 1.807) is 12.1 Å². The second kappa shape index (κ2) is 6.49. The van der Waals surface area contributed by atoms with Crippen LogP contribution in [-0.2, 0) is 0 Å². The summed E-state index contributed by atoms with van der Waals surface area (Å²) in [4.78, 5) is 21.3. The molecule has 6 heteroatoms. The van der Waals surface area contributed by atoms with E-state index in [1.807, 2.05) is 31.2 Å². The summed E-state index contributed by atoms with van der Waals surface area (Å²) in [6, 6.07) is 12.0. The van der Waals surface area contributed by atoms with E-state index in [9.17, 15) is 14.9 Å². The van der Waals surface area contributed by atoms with Crippen LogP contribution in [0.1, 0.15) is 28.9 Å². The molecule has 21 heavy (non-hydrogen) atoms. The maximum absolute atomic E-state index is 11.1. The zero-order valence-electron chi connectivity index (χ0n) is 11.2. The summed E-state index contributed by atoms with van der Waals surface area (Å²) in [5.74, 6) is 0. The van der Waals surface area contributed by atoms with Crippen molar-refractivity contribution in [3.63, 3.8) is 0 Å². The van der Waals surface area contributed by atoms with Crippen molar-refractivity contribution in [3.05, 3.63) is 68.2 Å². The summed E-state index contributed by atoms with van der Waals surface area (Å²) in [5, 5.41) is 14.2. The molecule has 2 aromatic carbocycles. The average molecular weight is 349 g/mol. The number of hydrogen-bond acceptors (Lipinski definition) is 4. The van der Waals surface area contributed by atoms with Gasteiger partial charge < -0.3 is 5.32 Å². The van der Waals surface area contributed by atoms with E-state index in [0.29, 0.717) is 12.0 Å². The van der Waals surface area contributed by atoms with E-state index in [0.717, 1.165) is 10.0 Å². The van der Waals surface area contributed by atoms with Gasteiger partial charge in [-0.25, -0.2) is 0 Å². The number of rotatable bonds is 5. The second-order valence-electron chi connectivity index (χ2n) is 4.57. The summed E-state index contributed by atoms with van der Waals surface area (Å²) < 4.78 is 0.944. The van der Waals surface area contributed by atoms with Gasteiger partial charge >= 0.3 is 0 Å². The molecular weight excluding hydrogens is 336 g/mol. The third-order valence-corrected chi connectivity index (χ3v) is 3.57. The molecule has 0 aliphatic carbocycles. The molecule has 2 aromatic rings. The number of nitrogens with one attached hydrogen (secondary N) is 1. The van der Waals surface area contributed by atoms with Gasteiger partial charge in [-0.3, -0.25) is 14.9 Å². The first-order chi connectivity index (χ1) is 10.0. The van der Waals surface area contributed by atoms with Crippen molar-refractivity contribution in [2.75, 3.05) is 5.32 Å². The number of aldehydes is 1. The fraction of sp³-hybridized carbons (Fsp3) is 0.133. The van der Waals surface area contributed by atoms with E-state index in [1.165, 1.54) is 6.07 Å². The number of benzene rings is 2. The summed E-state index contributed by atoms with van der Waals surface area (Å²) >= 11 is 3.40. The first-order valence-corrected chi connectivity index (χ1v) is 7.06. The molecule has 0 aliphatic heterocycles. The number of carbonyl (C=O) groups excluding carboxylic acids is 1. The number of anilines is 1. The predicted octanol–water partition coefficient (Wildman–Crippen LogP) is 4.34. The van der Waals surface area contributed by atoms with Gasteiger partial charge in [0.05, 0.1) is 4.92 Å². The SMILES string of the molecule is CC(Nc1ccc(C=O)cc1[N+](=O)[O-])c1cccc(Br)c1. The second-order valence-corrected chi connectivity index (χ2v) is 5.49. The number of nitro benzene ring substituents is 1. The maximum Gasteiger partial charge on any atom is 0.293 e. The number of carbonyl (C=O) groups is 1. The summed E-state index contributed by atoms with van der Waals surface area (Å²) in [7, 11) is 0. The van der Waals surface area contributed by atoms with E-state index in [-0.39, 0.29) is 17.3 Å². The van der Waals surface area contributed by atoms with Crippen LogP contribution in [-0.4, -0.2) is 11.2 Å². The molecular formula is C15H13BrN2O3. The highest BCUT2D eigenvalue weighted by Gasteiger charge is 2.17. The Morgan fingerprint density at radius 3 is 2.67 bits per heavy atom. The summed E-state index contributed by atoms with van der Waals surface area (Å²) in [6.45, 7) is 1.92. The normalized spacial score (nSPS) is 11.7. The van der Waals surface area contributed by atoms with E-state index >= 15 is 0 Å². The highest BCUT2D eigenvalue weighted by molar-refractivity contribution is 9.10. The van der Waals surface area contributed by atoms with Crippen molar-refractivity contribution in [1.82, 2.24) is 0 Å². The van der Waals surface area contributed by atoms with Crippen LogP contribution in [0.25, 0.3) is 0 Å². The molecule has 0 saturated heterocycles. The third-order valence-electron chi connectivity index (χ3n) is 3.08. The summed E-state index contributed by atoms with van der Waals surface area (Å²) in [5.41, 5.74) is 1.56. The minimum absolute atomic E-state index is 0.108. The quantitative estimate of drug-likeness (QED) is 0.495. The van der Waals surface area contributed by atoms with Crippen LogP contribution in [0.3, 0.4) is 0 Å². The topological polar surface area (TPSA) is 72.2 Å². The molecule has 0 heterocycles. The molecule has 0 bridgehead atoms. The molecule has 1 N–H and O–H groups in total. The molecule has 5 nitrogen and oxygen atoms in total. The number of hydrogen-bond donors (Lipinski definition) is 1. The minimum atomic E-state index is -0.497. The third kappa shape index (κ3) is 3.66. The Bertz CT molecular complexity index is 688. The van der Waals surface area contributed by atoms with Crippen molar-refractivity contribution in [2.24, 2.45) is 0 Å². The lowest BCUT2D eigenvalue weighted by atomic mass is 10.1. The Balaban J connectivity index is 2.30. The van der Waals surface area contributed by atoms with Crippen LogP contribution in [0.4, 0.5) is 11.4 Å². The molecule has 2 rings (SSSR count). The Morgan fingerprint density at radius 2 is 2.05 bits per heavy atom. The van der Waals surface area contributed by atoms with Gasteiger partial charge in [0.15, 0.2) is 0 Å². The Morgan fingerprint density at radius 1 is 1.29 bits per heavy atom. The van der Waals surface area contributed by atoms with Crippen molar-refractivity contribution in [2.45, 2.75) is 13.0 Å². The summed E-state index contributed by atoms with van der Waals surface area (Å²) in [6.07, 6.45) is 0.592. The number of nitro groups is 1. The van der Waals surface area contributed by atoms with Crippen LogP contribution >= 0.6 is 15.9 Å². The molecule has 0 radical (unpaired) electrons. The molecule has 0 amide bonds. The van der Waals surface area contributed by atoms with Crippen LogP contribution in [0.2, 0.25) is 0 Å². The van der Waals surface area contributed by atoms with E-state index in [2.05, 4.69) is 21.2 Å². The minimum Gasteiger partial charge on any atom is -0.373 e. The number of halogens is 1. The van der Waals surface area contributed by atoms with Gasteiger partial charge in [-0.1, -0.05) is 28.1 Å². The van der Waals surface area contributed by atoms with Gasteiger partial charge in [-0.2, -0.15) is 0 Å². The zero-order chi connectivity index (χ0) is 15.4.